The van der Waals surface area contributed by atoms with E-state index in [4.69, 9.17) is 10.6 Å². The number of rotatable bonds is 3. The summed E-state index contributed by atoms with van der Waals surface area (Å²) in [5, 5.41) is 15.7. The van der Waals surface area contributed by atoms with Crippen molar-refractivity contribution in [2.75, 3.05) is 18.0 Å². The largest absolute Gasteiger partial charge is 0.465 e. The van der Waals surface area contributed by atoms with Crippen LogP contribution in [0.1, 0.15) is 12.8 Å². The highest BCUT2D eigenvalue weighted by Gasteiger charge is 2.25. The summed E-state index contributed by atoms with van der Waals surface area (Å²) in [5.74, 6) is 0. The molecule has 3 N–H and O–H groups in total. The van der Waals surface area contributed by atoms with Crippen LogP contribution in [0, 0.1) is 5.53 Å². The minimum Gasteiger partial charge on any atom is -0.465 e. The van der Waals surface area contributed by atoms with Crippen LogP contribution in [-0.2, 0) is 0 Å². The van der Waals surface area contributed by atoms with Crippen LogP contribution in [0.3, 0.4) is 0 Å². The third kappa shape index (κ3) is 2.82. The molecule has 1 aromatic heterocycles. The highest BCUT2D eigenvalue weighted by molar-refractivity contribution is 7.10. The predicted octanol–water partition coefficient (Wildman–Crippen LogP) is 1.56. The van der Waals surface area contributed by atoms with Crippen LogP contribution in [0.4, 0.5) is 15.5 Å². The zero-order chi connectivity index (χ0) is 13.0. The number of hydrogen-bond acceptors (Lipinski definition) is 6. The van der Waals surface area contributed by atoms with Crippen molar-refractivity contribution < 1.29 is 9.90 Å². The molecule has 0 radical (unpaired) electrons. The fourth-order valence-corrected chi connectivity index (χ4v) is 2.75. The van der Waals surface area contributed by atoms with Gasteiger partial charge >= 0.3 is 6.09 Å². The molecule has 1 aliphatic heterocycles. The van der Waals surface area contributed by atoms with Crippen LogP contribution in [-0.4, -0.2) is 34.7 Å². The lowest BCUT2D eigenvalue weighted by Crippen LogP contribution is -2.47. The molecule has 1 aliphatic rings. The second-order valence-corrected chi connectivity index (χ2v) is 4.73. The molecule has 2 heterocycles. The van der Waals surface area contributed by atoms with Gasteiger partial charge in [0.2, 0.25) is 10.6 Å². The molecule has 1 amide bonds. The first-order valence-electron chi connectivity index (χ1n) is 5.47. The van der Waals surface area contributed by atoms with Gasteiger partial charge in [-0.05, 0) is 24.4 Å². The van der Waals surface area contributed by atoms with Gasteiger partial charge in [-0.1, -0.05) is 0 Å². The van der Waals surface area contributed by atoms with Crippen molar-refractivity contribution >= 4 is 28.3 Å². The van der Waals surface area contributed by atoms with Gasteiger partial charge in [0.1, 0.15) is 10.5 Å². The molecule has 9 heteroatoms. The molecule has 0 bridgehead atoms. The van der Waals surface area contributed by atoms with Gasteiger partial charge in [-0.3, -0.25) is 0 Å². The van der Waals surface area contributed by atoms with Gasteiger partial charge in [0.05, 0.1) is 6.20 Å². The van der Waals surface area contributed by atoms with Crippen LogP contribution in [0.15, 0.2) is 11.3 Å². The molecule has 1 atom stereocenters. The molecule has 1 saturated heterocycles. The van der Waals surface area contributed by atoms with Gasteiger partial charge in [0.25, 0.3) is 0 Å². The molecule has 0 aliphatic carbocycles. The van der Waals surface area contributed by atoms with Gasteiger partial charge < -0.3 is 15.3 Å². The van der Waals surface area contributed by atoms with Gasteiger partial charge in [0.15, 0.2) is 5.11 Å². The summed E-state index contributed by atoms with van der Waals surface area (Å²) in [5.41, 5.74) is 7.31. The number of piperidine rings is 1. The van der Waals surface area contributed by atoms with Crippen LogP contribution < -0.4 is 15.1 Å². The Hall–Kier alpha value is -1.99. The molecule has 0 saturated carbocycles. The number of carbonyl (C=O) groups is 1. The maximum Gasteiger partial charge on any atom is 0.404 e. The van der Waals surface area contributed by atoms with Crippen molar-refractivity contribution in [3.63, 3.8) is 0 Å². The van der Waals surface area contributed by atoms with E-state index in [-0.39, 0.29) is 6.04 Å². The van der Waals surface area contributed by atoms with Crippen LogP contribution in [0.2, 0.25) is 0 Å². The standard InChI is InChI=1S/C9H12N6O2S/c10-14-13-7-4-11-18-8(7)15-3-1-2-6(5-15)12-9(16)17/h4,6,10,12H,1-3,5H2/p+1/t6-/m0/s1. The summed E-state index contributed by atoms with van der Waals surface area (Å²) in [6.07, 6.45) is 2.29. The SMILES string of the molecule is N=[N+]=Nc1cnsc1N1CCC[C@H](NC(=O)O)C1. The topological polar surface area (TPSA) is 116 Å². The molecule has 0 spiro atoms. The third-order valence-corrected chi connectivity index (χ3v) is 3.58. The van der Waals surface area contributed by atoms with Crippen molar-refractivity contribution in [3.05, 3.63) is 6.20 Å². The van der Waals surface area contributed by atoms with Crippen LogP contribution in [0.5, 0.6) is 0 Å². The lowest BCUT2D eigenvalue weighted by Gasteiger charge is -2.32. The number of nitrogens with one attached hydrogen (secondary N) is 2. The zero-order valence-corrected chi connectivity index (χ0v) is 10.4. The Morgan fingerprint density at radius 2 is 2.61 bits per heavy atom. The Balaban J connectivity index is 2.10. The average molecular weight is 269 g/mol. The Kier molecular flexibility index (Phi) is 3.85. The molecule has 96 valence electrons. The maximum absolute atomic E-state index is 10.6. The summed E-state index contributed by atoms with van der Waals surface area (Å²) >= 11 is 1.28. The molecule has 1 fully saturated rings. The highest BCUT2D eigenvalue weighted by atomic mass is 32.1. The number of carboxylic acid groups (broad SMARTS) is 1. The molecule has 8 nitrogen and oxygen atoms in total. The van der Waals surface area contributed by atoms with E-state index in [1.807, 2.05) is 4.90 Å². The molecular weight excluding hydrogens is 256 g/mol. The van der Waals surface area contributed by atoms with E-state index in [9.17, 15) is 4.79 Å². The molecule has 2 rings (SSSR count). The number of nitrogens with zero attached hydrogens (tertiary/aromatic N) is 4. The van der Waals surface area contributed by atoms with Gasteiger partial charge in [0, 0.05) is 19.1 Å². The number of aromatic nitrogens is 1. The molecule has 18 heavy (non-hydrogen) atoms. The van der Waals surface area contributed by atoms with Crippen molar-refractivity contribution in [2.45, 2.75) is 18.9 Å². The van der Waals surface area contributed by atoms with Crippen molar-refractivity contribution in [3.8, 4) is 0 Å². The Bertz CT molecular complexity index is 483. The number of amides is 1. The van der Waals surface area contributed by atoms with E-state index in [0.29, 0.717) is 12.2 Å². The van der Waals surface area contributed by atoms with Crippen LogP contribution >= 0.6 is 11.5 Å². The minimum absolute atomic E-state index is 0.0841. The second kappa shape index (κ2) is 5.56. The Morgan fingerprint density at radius 1 is 1.78 bits per heavy atom. The summed E-state index contributed by atoms with van der Waals surface area (Å²) in [6.45, 7) is 1.43. The van der Waals surface area contributed by atoms with Gasteiger partial charge in [-0.2, -0.15) is 4.37 Å². The first kappa shape index (κ1) is 12.5. The van der Waals surface area contributed by atoms with E-state index >= 15 is 0 Å². The van der Waals surface area contributed by atoms with E-state index in [0.717, 1.165) is 24.4 Å². The lowest BCUT2D eigenvalue weighted by atomic mass is 10.1. The monoisotopic (exact) mass is 269 g/mol. The van der Waals surface area contributed by atoms with E-state index < -0.39 is 6.09 Å². The molecule has 0 unspecified atom stereocenters. The molecular formula is C9H13N6O2S+. The predicted molar refractivity (Wildman–Crippen MR) is 65.5 cm³/mol. The first-order chi connectivity index (χ1) is 8.70. The smallest absolute Gasteiger partial charge is 0.404 e. The van der Waals surface area contributed by atoms with Crippen molar-refractivity contribution in [1.29, 1.82) is 5.53 Å². The van der Waals surface area contributed by atoms with E-state index in [1.54, 1.807) is 6.20 Å². The van der Waals surface area contributed by atoms with E-state index in [2.05, 4.69) is 19.7 Å². The lowest BCUT2D eigenvalue weighted by molar-refractivity contribution is 0.188. The Morgan fingerprint density at radius 3 is 3.33 bits per heavy atom. The third-order valence-electron chi connectivity index (χ3n) is 2.73. The van der Waals surface area contributed by atoms with Gasteiger partial charge in [-0.25, -0.2) is 4.79 Å². The summed E-state index contributed by atoms with van der Waals surface area (Å²) in [7, 11) is 0. The Labute approximate surface area is 107 Å². The second-order valence-electron chi connectivity index (χ2n) is 3.95. The van der Waals surface area contributed by atoms with Gasteiger partial charge in [-0.15, -0.1) is 0 Å². The summed E-state index contributed by atoms with van der Waals surface area (Å²) in [4.78, 5) is 15.7. The van der Waals surface area contributed by atoms with E-state index in [1.165, 1.54) is 11.5 Å². The number of hydrogen-bond donors (Lipinski definition) is 3. The average Bonchev–Trinajstić information content (AvgIpc) is 2.77. The summed E-state index contributed by atoms with van der Waals surface area (Å²) in [6, 6.07) is -0.0841. The number of anilines is 1. The van der Waals surface area contributed by atoms with Crippen molar-refractivity contribution in [1.82, 2.24) is 14.6 Å². The molecule has 0 aromatic carbocycles. The molecule has 1 aromatic rings. The quantitative estimate of drug-likeness (QED) is 0.570. The fraction of sp³-hybridized carbons (Fsp3) is 0.556. The first-order valence-corrected chi connectivity index (χ1v) is 6.24. The zero-order valence-electron chi connectivity index (χ0n) is 9.54. The van der Waals surface area contributed by atoms with Crippen LogP contribution in [0.25, 0.3) is 0 Å². The normalized spacial score (nSPS) is 19.1. The van der Waals surface area contributed by atoms with Crippen molar-refractivity contribution in [2.24, 2.45) is 5.11 Å². The fourth-order valence-electron chi connectivity index (χ4n) is 2.02. The summed E-state index contributed by atoms with van der Waals surface area (Å²) < 4.78 is 4.03. The minimum atomic E-state index is -1.00. The maximum atomic E-state index is 10.6. The highest BCUT2D eigenvalue weighted by Crippen LogP contribution is 2.33.